The summed E-state index contributed by atoms with van der Waals surface area (Å²) in [6.45, 7) is 1.97. The lowest BCUT2D eigenvalue weighted by molar-refractivity contribution is 0.0740. The summed E-state index contributed by atoms with van der Waals surface area (Å²) in [7, 11) is 0. The average Bonchev–Trinajstić information content (AvgIpc) is 3.15. The number of esters is 1. The molecule has 0 fully saturated rings. The minimum Gasteiger partial charge on any atom is -0.440 e. The largest absolute Gasteiger partial charge is 0.440 e. The molecule has 2 heterocycles. The van der Waals surface area contributed by atoms with E-state index in [-0.39, 0.29) is 17.2 Å². The summed E-state index contributed by atoms with van der Waals surface area (Å²) in [5, 5.41) is 11.6. The SMILES string of the molecule is Cc1ccc2c(Cl)c(C(=O)Oc3ccc4c(c3)OC(N)=C(C#N)C4c3ccc(Cl)c(Cl)c3)sc2c1. The maximum Gasteiger partial charge on any atom is 0.355 e. The number of allylic oxidation sites excluding steroid dienone is 1. The van der Waals surface area contributed by atoms with E-state index in [0.717, 1.165) is 21.2 Å². The number of rotatable bonds is 3. The third kappa shape index (κ3) is 4.22. The van der Waals surface area contributed by atoms with Gasteiger partial charge in [0.15, 0.2) is 0 Å². The van der Waals surface area contributed by atoms with Gasteiger partial charge in [0.2, 0.25) is 5.88 Å². The Morgan fingerprint density at radius 2 is 1.89 bits per heavy atom. The highest BCUT2D eigenvalue weighted by molar-refractivity contribution is 7.21. The lowest BCUT2D eigenvalue weighted by Gasteiger charge is -2.27. The molecule has 0 radical (unpaired) electrons. The number of carbonyl (C=O) groups excluding carboxylic acids is 1. The van der Waals surface area contributed by atoms with Gasteiger partial charge in [-0.1, -0.05) is 59.1 Å². The van der Waals surface area contributed by atoms with Gasteiger partial charge in [0.05, 0.1) is 21.0 Å². The molecule has 5 rings (SSSR count). The Bertz CT molecular complexity index is 1600. The second-order valence-electron chi connectivity index (χ2n) is 7.93. The number of hydrogen-bond donors (Lipinski definition) is 1. The molecule has 35 heavy (non-hydrogen) atoms. The van der Waals surface area contributed by atoms with Crippen LogP contribution >= 0.6 is 46.1 Å². The monoisotopic (exact) mass is 540 g/mol. The van der Waals surface area contributed by atoms with Crippen LogP contribution in [0.4, 0.5) is 0 Å². The van der Waals surface area contributed by atoms with Crippen molar-refractivity contribution in [2.45, 2.75) is 12.8 Å². The molecule has 9 heteroatoms. The highest BCUT2D eigenvalue weighted by Gasteiger charge is 2.31. The van der Waals surface area contributed by atoms with Crippen molar-refractivity contribution in [1.29, 1.82) is 5.26 Å². The first-order chi connectivity index (χ1) is 16.8. The van der Waals surface area contributed by atoms with E-state index >= 15 is 0 Å². The molecule has 3 aromatic carbocycles. The number of nitrogens with two attached hydrogens (primary N) is 1. The fourth-order valence-corrected chi connectivity index (χ4v) is 5.78. The summed E-state index contributed by atoms with van der Waals surface area (Å²) in [6, 6.07) is 18.0. The molecule has 4 aromatic rings. The minimum absolute atomic E-state index is 0.0394. The van der Waals surface area contributed by atoms with E-state index in [9.17, 15) is 10.1 Å². The second kappa shape index (κ2) is 9.10. The molecule has 5 nitrogen and oxygen atoms in total. The van der Waals surface area contributed by atoms with Gasteiger partial charge in [0, 0.05) is 21.7 Å². The van der Waals surface area contributed by atoms with E-state index < -0.39 is 11.9 Å². The van der Waals surface area contributed by atoms with E-state index in [1.165, 1.54) is 11.3 Å². The van der Waals surface area contributed by atoms with Gasteiger partial charge < -0.3 is 15.2 Å². The molecule has 1 aliphatic heterocycles. The normalized spacial score (nSPS) is 14.9. The van der Waals surface area contributed by atoms with Crippen molar-refractivity contribution in [3.63, 3.8) is 0 Å². The van der Waals surface area contributed by atoms with Crippen LogP contribution in [0.1, 0.15) is 32.3 Å². The van der Waals surface area contributed by atoms with Crippen LogP contribution in [-0.2, 0) is 0 Å². The number of nitrogens with zero attached hydrogens (tertiary/aromatic N) is 1. The summed E-state index contributed by atoms with van der Waals surface area (Å²) < 4.78 is 12.2. The van der Waals surface area contributed by atoms with Crippen LogP contribution in [-0.4, -0.2) is 5.97 Å². The number of carbonyl (C=O) groups is 1. The fraction of sp³-hybridized carbons (Fsp3) is 0.0769. The zero-order chi connectivity index (χ0) is 24.9. The molecule has 0 spiro atoms. The molecule has 0 aliphatic carbocycles. The number of hydrogen-bond acceptors (Lipinski definition) is 6. The van der Waals surface area contributed by atoms with Crippen LogP contribution in [0.15, 0.2) is 66.1 Å². The molecule has 0 bridgehead atoms. The summed E-state index contributed by atoms with van der Waals surface area (Å²) >= 11 is 20.0. The van der Waals surface area contributed by atoms with Crippen LogP contribution in [0.5, 0.6) is 11.5 Å². The topological polar surface area (TPSA) is 85.3 Å². The Hall–Kier alpha value is -3.21. The number of aryl methyl sites for hydroxylation is 1. The molecule has 0 saturated carbocycles. The molecule has 174 valence electrons. The van der Waals surface area contributed by atoms with Crippen molar-refractivity contribution in [3.05, 3.63) is 103 Å². The summed E-state index contributed by atoms with van der Waals surface area (Å²) in [4.78, 5) is 13.2. The quantitative estimate of drug-likeness (QED) is 0.213. The molecule has 1 aromatic heterocycles. The molecule has 2 N–H and O–H groups in total. The molecular weight excluding hydrogens is 527 g/mol. The van der Waals surface area contributed by atoms with Crippen molar-refractivity contribution in [2.75, 3.05) is 0 Å². The van der Waals surface area contributed by atoms with E-state index in [1.807, 2.05) is 25.1 Å². The standard InChI is InChI=1S/C26H15Cl3N2O3S/c1-12-2-5-16-21(8-12)35-24(23(16)29)26(32)33-14-4-6-15-20(10-14)34-25(31)17(11-30)22(15)13-3-7-18(27)19(28)9-13/h2-10,22H,31H2,1H3. The van der Waals surface area contributed by atoms with Crippen LogP contribution in [0.2, 0.25) is 15.1 Å². The molecular formula is C26H15Cl3N2O3S. The second-order valence-corrected chi connectivity index (χ2v) is 10.2. The Morgan fingerprint density at radius 3 is 2.63 bits per heavy atom. The van der Waals surface area contributed by atoms with Gasteiger partial charge >= 0.3 is 5.97 Å². The van der Waals surface area contributed by atoms with Gasteiger partial charge in [-0.05, 0) is 42.3 Å². The summed E-state index contributed by atoms with van der Waals surface area (Å²) in [5.41, 5.74) is 8.78. The van der Waals surface area contributed by atoms with E-state index in [4.69, 9.17) is 50.0 Å². The Balaban J connectivity index is 1.50. The highest BCUT2D eigenvalue weighted by atomic mass is 35.5. The van der Waals surface area contributed by atoms with Gasteiger partial charge in [-0.15, -0.1) is 11.3 Å². The van der Waals surface area contributed by atoms with Crippen molar-refractivity contribution in [1.82, 2.24) is 0 Å². The van der Waals surface area contributed by atoms with E-state index in [2.05, 4.69) is 6.07 Å². The molecule has 1 aliphatic rings. The number of thiophene rings is 1. The Kier molecular flexibility index (Phi) is 6.12. The van der Waals surface area contributed by atoms with E-state index in [1.54, 1.807) is 36.4 Å². The predicted molar refractivity (Wildman–Crippen MR) is 139 cm³/mol. The van der Waals surface area contributed by atoms with Gasteiger partial charge in [0.25, 0.3) is 0 Å². The molecule has 0 amide bonds. The molecule has 1 atom stereocenters. The third-order valence-electron chi connectivity index (χ3n) is 5.65. The van der Waals surface area contributed by atoms with Crippen molar-refractivity contribution < 1.29 is 14.3 Å². The van der Waals surface area contributed by atoms with Crippen molar-refractivity contribution in [3.8, 4) is 17.6 Å². The zero-order valence-corrected chi connectivity index (χ0v) is 21.1. The van der Waals surface area contributed by atoms with Crippen LogP contribution < -0.4 is 15.2 Å². The number of fused-ring (bicyclic) bond motifs is 2. The van der Waals surface area contributed by atoms with Crippen LogP contribution in [0.3, 0.4) is 0 Å². The number of nitriles is 1. The van der Waals surface area contributed by atoms with Gasteiger partial charge in [-0.3, -0.25) is 0 Å². The minimum atomic E-state index is -0.577. The lowest BCUT2D eigenvalue weighted by Crippen LogP contribution is -2.21. The zero-order valence-electron chi connectivity index (χ0n) is 18.1. The first-order valence-corrected chi connectivity index (χ1v) is 12.3. The van der Waals surface area contributed by atoms with Gasteiger partial charge in [0.1, 0.15) is 28.0 Å². The van der Waals surface area contributed by atoms with Crippen LogP contribution in [0, 0.1) is 18.3 Å². The summed E-state index contributed by atoms with van der Waals surface area (Å²) in [6.07, 6.45) is 0. The molecule has 1 unspecified atom stereocenters. The van der Waals surface area contributed by atoms with Gasteiger partial charge in [-0.2, -0.15) is 5.26 Å². The van der Waals surface area contributed by atoms with Crippen LogP contribution in [0.25, 0.3) is 10.1 Å². The van der Waals surface area contributed by atoms with Crippen molar-refractivity contribution >= 4 is 62.2 Å². The lowest BCUT2D eigenvalue weighted by atomic mass is 9.83. The highest BCUT2D eigenvalue weighted by Crippen LogP contribution is 2.44. The smallest absolute Gasteiger partial charge is 0.355 e. The number of benzene rings is 3. The number of halogens is 3. The molecule has 0 saturated heterocycles. The first kappa shape index (κ1) is 23.5. The van der Waals surface area contributed by atoms with Gasteiger partial charge in [-0.25, -0.2) is 4.79 Å². The third-order valence-corrected chi connectivity index (χ3v) is 8.02. The first-order valence-electron chi connectivity index (χ1n) is 10.3. The summed E-state index contributed by atoms with van der Waals surface area (Å²) in [5.74, 6) is -0.529. The van der Waals surface area contributed by atoms with E-state index in [0.29, 0.717) is 31.3 Å². The Labute approximate surface area is 219 Å². The Morgan fingerprint density at radius 1 is 1.09 bits per heavy atom. The maximum absolute atomic E-state index is 12.9. The fourth-order valence-electron chi connectivity index (χ4n) is 3.99. The number of ether oxygens (including phenoxy) is 2. The average molecular weight is 542 g/mol. The van der Waals surface area contributed by atoms with Crippen molar-refractivity contribution in [2.24, 2.45) is 5.73 Å². The maximum atomic E-state index is 12.9. The predicted octanol–water partition coefficient (Wildman–Crippen LogP) is 7.61.